The molecule has 1 fully saturated rings. The van der Waals surface area contributed by atoms with E-state index in [1.54, 1.807) is 0 Å². The van der Waals surface area contributed by atoms with Gasteiger partial charge in [-0.3, -0.25) is 4.79 Å². The number of hydrogen-bond donors (Lipinski definition) is 1. The van der Waals surface area contributed by atoms with Crippen LogP contribution in [-0.4, -0.2) is 38.7 Å². The van der Waals surface area contributed by atoms with Crippen molar-refractivity contribution in [1.29, 1.82) is 0 Å². The maximum Gasteiger partial charge on any atom is 0.224 e. The smallest absolute Gasteiger partial charge is 0.224 e. The Morgan fingerprint density at radius 1 is 1.08 bits per heavy atom. The van der Waals surface area contributed by atoms with Gasteiger partial charge in [0.2, 0.25) is 5.78 Å². The summed E-state index contributed by atoms with van der Waals surface area (Å²) in [6, 6.07) is 17.3. The minimum absolute atomic E-state index is 0.154. The lowest BCUT2D eigenvalue weighted by Gasteiger charge is -2.31. The van der Waals surface area contributed by atoms with Crippen molar-refractivity contribution in [2.75, 3.05) is 32.9 Å². The molecule has 0 radical (unpaired) electrons. The van der Waals surface area contributed by atoms with Gasteiger partial charge in [0.15, 0.2) is 6.04 Å². The molecular weight excluding hydrogens is 302 g/mol. The Kier molecular flexibility index (Phi) is 5.62. The van der Waals surface area contributed by atoms with E-state index in [1.807, 2.05) is 61.5 Å². The molecule has 1 heterocycles. The van der Waals surface area contributed by atoms with Crippen LogP contribution in [0, 0.1) is 0 Å². The van der Waals surface area contributed by atoms with Crippen LogP contribution in [0.5, 0.6) is 5.75 Å². The number of carbonyl (C=O) groups excluding carboxylic acids is 1. The van der Waals surface area contributed by atoms with Gasteiger partial charge in [-0.2, -0.15) is 0 Å². The van der Waals surface area contributed by atoms with Crippen LogP contribution in [-0.2, 0) is 4.74 Å². The lowest BCUT2D eigenvalue weighted by Crippen LogP contribution is -3.15. The van der Waals surface area contributed by atoms with Gasteiger partial charge in [-0.15, -0.1) is 0 Å². The van der Waals surface area contributed by atoms with Gasteiger partial charge in [0, 0.05) is 11.1 Å². The number of ether oxygens (including phenoxy) is 2. The lowest BCUT2D eigenvalue weighted by molar-refractivity contribution is -0.928. The minimum Gasteiger partial charge on any atom is -0.494 e. The Morgan fingerprint density at radius 2 is 1.75 bits per heavy atom. The summed E-state index contributed by atoms with van der Waals surface area (Å²) < 4.78 is 10.9. The average molecular weight is 326 g/mol. The molecular formula is C20H24NO3+. The molecule has 0 aromatic heterocycles. The number of morpholine rings is 1. The fraction of sp³-hybridized carbons (Fsp3) is 0.350. The fourth-order valence-electron chi connectivity index (χ4n) is 3.19. The van der Waals surface area contributed by atoms with Crippen LogP contribution in [0.2, 0.25) is 0 Å². The Bertz CT molecular complexity index is 648. The summed E-state index contributed by atoms with van der Waals surface area (Å²) >= 11 is 0. The van der Waals surface area contributed by atoms with E-state index in [4.69, 9.17) is 9.47 Å². The molecule has 1 N–H and O–H groups in total. The Balaban J connectivity index is 1.87. The largest absolute Gasteiger partial charge is 0.494 e. The first-order chi connectivity index (χ1) is 11.8. The van der Waals surface area contributed by atoms with Crippen LogP contribution in [0.1, 0.15) is 28.9 Å². The quantitative estimate of drug-likeness (QED) is 0.825. The molecule has 4 heteroatoms. The molecule has 126 valence electrons. The van der Waals surface area contributed by atoms with Gasteiger partial charge < -0.3 is 14.4 Å². The molecule has 0 bridgehead atoms. The summed E-state index contributed by atoms with van der Waals surface area (Å²) in [5, 5.41) is 0. The van der Waals surface area contributed by atoms with Gasteiger partial charge in [-0.25, -0.2) is 0 Å². The van der Waals surface area contributed by atoms with Crippen molar-refractivity contribution in [2.45, 2.75) is 13.0 Å². The van der Waals surface area contributed by atoms with Gasteiger partial charge in [-0.05, 0) is 31.2 Å². The van der Waals surface area contributed by atoms with Gasteiger partial charge >= 0.3 is 0 Å². The van der Waals surface area contributed by atoms with Gasteiger partial charge in [0.1, 0.15) is 18.8 Å². The number of rotatable bonds is 6. The molecule has 2 aromatic rings. The van der Waals surface area contributed by atoms with Crippen LogP contribution in [0.15, 0.2) is 54.6 Å². The third kappa shape index (κ3) is 3.83. The highest BCUT2D eigenvalue weighted by atomic mass is 16.5. The maximum atomic E-state index is 13.2. The van der Waals surface area contributed by atoms with Crippen LogP contribution in [0.3, 0.4) is 0 Å². The Labute approximate surface area is 143 Å². The monoisotopic (exact) mass is 326 g/mol. The number of quaternary nitrogens is 1. The average Bonchev–Trinajstić information content (AvgIpc) is 2.64. The van der Waals surface area contributed by atoms with E-state index in [0.29, 0.717) is 19.8 Å². The highest BCUT2D eigenvalue weighted by Crippen LogP contribution is 2.19. The van der Waals surface area contributed by atoms with E-state index in [-0.39, 0.29) is 11.8 Å². The minimum atomic E-state index is -0.187. The van der Waals surface area contributed by atoms with Crippen molar-refractivity contribution in [3.63, 3.8) is 0 Å². The molecule has 4 nitrogen and oxygen atoms in total. The van der Waals surface area contributed by atoms with E-state index in [9.17, 15) is 4.79 Å². The van der Waals surface area contributed by atoms with E-state index < -0.39 is 0 Å². The number of nitrogens with one attached hydrogen (secondary N) is 1. The summed E-state index contributed by atoms with van der Waals surface area (Å²) in [6.45, 7) is 5.68. The molecule has 1 atom stereocenters. The Hall–Kier alpha value is -2.17. The zero-order chi connectivity index (χ0) is 16.8. The SMILES string of the molecule is CCOc1ccc(C(=O)[C@@H](c2ccccc2)[NH+]2CCOCC2)cc1. The predicted molar refractivity (Wildman–Crippen MR) is 92.6 cm³/mol. The number of hydrogen-bond acceptors (Lipinski definition) is 3. The molecule has 24 heavy (non-hydrogen) atoms. The zero-order valence-electron chi connectivity index (χ0n) is 14.0. The van der Waals surface area contributed by atoms with Gasteiger partial charge in [0.05, 0.1) is 19.8 Å². The molecule has 3 rings (SSSR count). The molecule has 1 aliphatic rings. The lowest BCUT2D eigenvalue weighted by atomic mass is 9.95. The van der Waals surface area contributed by atoms with Crippen LogP contribution in [0.4, 0.5) is 0 Å². The highest BCUT2D eigenvalue weighted by molar-refractivity contribution is 5.99. The summed E-state index contributed by atoms with van der Waals surface area (Å²) in [6.07, 6.45) is 0. The molecule has 0 amide bonds. The van der Waals surface area contributed by atoms with Crippen LogP contribution >= 0.6 is 0 Å². The standard InChI is InChI=1S/C20H23NO3/c1-2-24-18-10-8-17(9-11-18)20(22)19(16-6-4-3-5-7-16)21-12-14-23-15-13-21/h3-11,19H,2,12-15H2,1H3/p+1/t19-/m1/s1. The highest BCUT2D eigenvalue weighted by Gasteiger charge is 2.33. The predicted octanol–water partition coefficient (Wildman–Crippen LogP) is 1.92. The molecule has 0 spiro atoms. The molecule has 0 aliphatic carbocycles. The summed E-state index contributed by atoms with van der Waals surface area (Å²) in [7, 11) is 0. The maximum absolute atomic E-state index is 13.2. The van der Waals surface area contributed by atoms with Crippen molar-refractivity contribution in [2.24, 2.45) is 0 Å². The molecule has 1 aliphatic heterocycles. The zero-order valence-corrected chi connectivity index (χ0v) is 14.0. The number of Topliss-reactive ketones (excluding diaryl/α,β-unsaturated/α-hetero) is 1. The molecule has 0 unspecified atom stereocenters. The molecule has 1 saturated heterocycles. The normalized spacial score (nSPS) is 16.5. The topological polar surface area (TPSA) is 40.0 Å². The summed E-state index contributed by atoms with van der Waals surface area (Å²) in [5.74, 6) is 0.949. The molecule has 0 saturated carbocycles. The van der Waals surface area contributed by atoms with Gasteiger partial charge in [-0.1, -0.05) is 30.3 Å². The second-order valence-electron chi connectivity index (χ2n) is 5.94. The van der Waals surface area contributed by atoms with E-state index in [2.05, 4.69) is 0 Å². The Morgan fingerprint density at radius 3 is 2.38 bits per heavy atom. The van der Waals surface area contributed by atoms with Crippen molar-refractivity contribution in [3.8, 4) is 5.75 Å². The second kappa shape index (κ2) is 8.08. The van der Waals surface area contributed by atoms with Crippen LogP contribution in [0.25, 0.3) is 0 Å². The molecule has 2 aromatic carbocycles. The van der Waals surface area contributed by atoms with Crippen molar-refractivity contribution < 1.29 is 19.2 Å². The number of ketones is 1. The van der Waals surface area contributed by atoms with E-state index >= 15 is 0 Å². The number of carbonyl (C=O) groups is 1. The van der Waals surface area contributed by atoms with E-state index in [0.717, 1.165) is 30.0 Å². The van der Waals surface area contributed by atoms with Crippen molar-refractivity contribution >= 4 is 5.78 Å². The van der Waals surface area contributed by atoms with Crippen molar-refractivity contribution in [1.82, 2.24) is 0 Å². The van der Waals surface area contributed by atoms with Gasteiger partial charge in [0.25, 0.3) is 0 Å². The summed E-state index contributed by atoms with van der Waals surface area (Å²) in [4.78, 5) is 14.5. The van der Waals surface area contributed by atoms with Crippen molar-refractivity contribution in [3.05, 3.63) is 65.7 Å². The van der Waals surface area contributed by atoms with E-state index in [1.165, 1.54) is 4.90 Å². The second-order valence-corrected chi connectivity index (χ2v) is 5.94. The van der Waals surface area contributed by atoms with Crippen LogP contribution < -0.4 is 9.64 Å². The number of benzene rings is 2. The first kappa shape index (κ1) is 16.7. The third-order valence-corrected chi connectivity index (χ3v) is 4.39. The summed E-state index contributed by atoms with van der Waals surface area (Å²) in [5.41, 5.74) is 1.79. The third-order valence-electron chi connectivity index (χ3n) is 4.39. The fourth-order valence-corrected chi connectivity index (χ4v) is 3.19. The first-order valence-electron chi connectivity index (χ1n) is 8.54. The first-order valence-corrected chi connectivity index (χ1v) is 8.54.